The van der Waals surface area contributed by atoms with Crippen LogP contribution in [-0.4, -0.2) is 87.6 Å². The molecular weight excluding hydrogens is 738 g/mol. The van der Waals surface area contributed by atoms with Gasteiger partial charge in [-0.15, -0.1) is 0 Å². The first-order chi connectivity index (χ1) is 27.2. The molecule has 2 fully saturated rings. The summed E-state index contributed by atoms with van der Waals surface area (Å²) in [5, 5.41) is 21.8. The van der Waals surface area contributed by atoms with Crippen LogP contribution in [0.15, 0.2) is 97.1 Å². The van der Waals surface area contributed by atoms with Crippen molar-refractivity contribution in [2.24, 2.45) is 0 Å². The van der Waals surface area contributed by atoms with Crippen LogP contribution >= 0.6 is 11.3 Å². The molecule has 0 spiro atoms. The number of rotatable bonds is 12. The second-order valence-corrected chi connectivity index (χ2v) is 14.3. The fourth-order valence-electron chi connectivity index (χ4n) is 6.88. The predicted octanol–water partition coefficient (Wildman–Crippen LogP) is 5.30. The molecule has 2 aliphatic rings. The number of nitrogens with zero attached hydrogens (tertiary/aromatic N) is 6. The molecule has 0 bridgehead atoms. The van der Waals surface area contributed by atoms with Gasteiger partial charge in [0.15, 0.2) is 5.13 Å². The summed E-state index contributed by atoms with van der Waals surface area (Å²) >= 11 is 1.49. The number of fused-ring (bicyclic) bond motifs is 2. The van der Waals surface area contributed by atoms with Gasteiger partial charge in [0.05, 0.1) is 29.4 Å². The van der Waals surface area contributed by atoms with Crippen LogP contribution < -0.4 is 16.0 Å². The topological polar surface area (TPSA) is 163 Å². The summed E-state index contributed by atoms with van der Waals surface area (Å²) in [7, 11) is 1.79. The third-order valence-electron chi connectivity index (χ3n) is 9.61. The minimum Gasteiger partial charge on any atom is -0.444 e. The van der Waals surface area contributed by atoms with Crippen molar-refractivity contribution in [3.05, 3.63) is 125 Å². The summed E-state index contributed by atoms with van der Waals surface area (Å²) in [5.74, 6) is -1.06. The van der Waals surface area contributed by atoms with E-state index in [-0.39, 0.29) is 57.6 Å². The van der Waals surface area contributed by atoms with E-state index in [1.807, 2.05) is 54.6 Å². The lowest BCUT2D eigenvalue weighted by molar-refractivity contribution is -0.157. The highest BCUT2D eigenvalue weighted by Crippen LogP contribution is 2.33. The summed E-state index contributed by atoms with van der Waals surface area (Å²) < 4.78 is 19.8. The lowest BCUT2D eigenvalue weighted by atomic mass is 9.99. The molecule has 7 rings (SSSR count). The van der Waals surface area contributed by atoms with Gasteiger partial charge in [0.1, 0.15) is 31.2 Å². The van der Waals surface area contributed by atoms with Crippen LogP contribution in [0.25, 0.3) is 10.2 Å². The molecule has 3 N–H and O–H groups in total. The molecular formula is C40H38FN9O5S. The van der Waals surface area contributed by atoms with Crippen LogP contribution in [0.3, 0.4) is 0 Å². The van der Waals surface area contributed by atoms with E-state index >= 15 is 0 Å². The summed E-state index contributed by atoms with van der Waals surface area (Å²) in [5.41, 5.74) is 4.28. The largest absolute Gasteiger partial charge is 0.444 e. The molecule has 286 valence electrons. The highest BCUT2D eigenvalue weighted by atomic mass is 32.1. The van der Waals surface area contributed by atoms with Gasteiger partial charge in [-0.2, -0.15) is 10.3 Å². The highest BCUT2D eigenvalue weighted by molar-refractivity contribution is 7.22. The number of anilines is 2. The van der Waals surface area contributed by atoms with Crippen molar-refractivity contribution in [3.8, 4) is 6.07 Å². The Morgan fingerprint density at radius 2 is 1.73 bits per heavy atom. The van der Waals surface area contributed by atoms with Gasteiger partial charge in [-0.3, -0.25) is 14.9 Å². The molecule has 16 heteroatoms. The Balaban J connectivity index is 1.13. The van der Waals surface area contributed by atoms with Gasteiger partial charge in [0, 0.05) is 32.2 Å². The summed E-state index contributed by atoms with van der Waals surface area (Å²) in [6.07, 6.45) is -1.26. The lowest BCUT2D eigenvalue weighted by Gasteiger charge is -2.46. The number of amides is 5. The molecule has 5 aromatic rings. The van der Waals surface area contributed by atoms with Crippen molar-refractivity contribution < 1.29 is 28.3 Å². The minimum atomic E-state index is -0.949. The van der Waals surface area contributed by atoms with E-state index < -0.39 is 30.1 Å². The number of nitrogens with one attached hydrogen (secondary N) is 3. The van der Waals surface area contributed by atoms with Gasteiger partial charge in [-0.1, -0.05) is 78.1 Å². The number of para-hydroxylation sites is 1. The normalized spacial score (nSPS) is 16.7. The third kappa shape index (κ3) is 8.38. The zero-order chi connectivity index (χ0) is 39.2. The van der Waals surface area contributed by atoms with E-state index in [4.69, 9.17) is 9.72 Å². The number of halogens is 1. The molecule has 1 aromatic heterocycles. The van der Waals surface area contributed by atoms with Gasteiger partial charge in [-0.05, 0) is 52.6 Å². The Morgan fingerprint density at radius 1 is 0.982 bits per heavy atom. The first-order valence-electron chi connectivity index (χ1n) is 17.9. The second-order valence-electron chi connectivity index (χ2n) is 13.2. The van der Waals surface area contributed by atoms with E-state index in [1.54, 1.807) is 48.3 Å². The SMILES string of the molecule is CNc1nc2c(CN3C[C@H]4N(C(=O)CN4N(CC#N)C(=O)NCc4ccc(F)cc4)[C@@H](Cc4ccc(NC(=O)OCc5ccccc5)cc4)C3=O)cccc2s1. The summed E-state index contributed by atoms with van der Waals surface area (Å²) in [6.45, 7) is -0.182. The standard InChI is InChI=1S/C40H38FN9O5S/c1-43-38-46-36-29(8-5-9-33(36)56-38)22-47-23-34-49(48(19-18-42)39(53)44-21-27-10-14-30(41)15-11-27)24-35(51)50(34)32(37(47)52)20-26-12-16-31(17-13-26)45-40(54)55-25-28-6-3-2-4-7-28/h2-17,32,34H,19-25H2,1H3,(H,43,46)(H,44,53)(H,45,54)/t32-,34+/m0/s1. The fourth-order valence-corrected chi connectivity index (χ4v) is 7.75. The number of ether oxygens (including phenoxy) is 1. The van der Waals surface area contributed by atoms with E-state index in [1.165, 1.54) is 38.4 Å². The molecule has 0 unspecified atom stereocenters. The Hall–Kier alpha value is -6.57. The number of hydrogen-bond acceptors (Lipinski definition) is 10. The molecule has 14 nitrogen and oxygen atoms in total. The summed E-state index contributed by atoms with van der Waals surface area (Å²) in [6, 6.07) is 28.1. The Bertz CT molecular complexity index is 2270. The number of nitriles is 1. The van der Waals surface area contributed by atoms with Crippen molar-refractivity contribution in [1.82, 2.24) is 30.1 Å². The van der Waals surface area contributed by atoms with E-state index in [0.29, 0.717) is 11.3 Å². The first kappa shape index (κ1) is 37.7. The van der Waals surface area contributed by atoms with E-state index in [2.05, 4.69) is 16.0 Å². The van der Waals surface area contributed by atoms with Crippen LogP contribution in [-0.2, 0) is 40.4 Å². The zero-order valence-electron chi connectivity index (χ0n) is 30.4. The average Bonchev–Trinajstić information content (AvgIpc) is 3.79. The fraction of sp³-hybridized carbons (Fsp3) is 0.250. The zero-order valence-corrected chi connectivity index (χ0v) is 31.2. The molecule has 0 saturated carbocycles. The van der Waals surface area contributed by atoms with Gasteiger partial charge >= 0.3 is 12.1 Å². The van der Waals surface area contributed by atoms with Crippen LogP contribution in [0.1, 0.15) is 22.3 Å². The monoisotopic (exact) mass is 775 g/mol. The molecule has 56 heavy (non-hydrogen) atoms. The molecule has 2 aliphatic heterocycles. The Kier molecular flexibility index (Phi) is 11.3. The predicted molar refractivity (Wildman–Crippen MR) is 207 cm³/mol. The quantitative estimate of drug-likeness (QED) is 0.143. The minimum absolute atomic E-state index is 0.0571. The summed E-state index contributed by atoms with van der Waals surface area (Å²) in [4.78, 5) is 62.4. The highest BCUT2D eigenvalue weighted by Gasteiger charge is 2.52. The van der Waals surface area contributed by atoms with Crippen molar-refractivity contribution in [3.63, 3.8) is 0 Å². The van der Waals surface area contributed by atoms with Gasteiger partial charge in [0.25, 0.3) is 0 Å². The van der Waals surface area contributed by atoms with Crippen LogP contribution in [0.5, 0.6) is 0 Å². The second kappa shape index (κ2) is 16.8. The van der Waals surface area contributed by atoms with E-state index in [0.717, 1.165) is 32.0 Å². The van der Waals surface area contributed by atoms with Crippen molar-refractivity contribution in [2.75, 3.05) is 37.3 Å². The number of piperazine rings is 1. The van der Waals surface area contributed by atoms with Crippen molar-refractivity contribution in [1.29, 1.82) is 5.26 Å². The Morgan fingerprint density at radius 3 is 2.46 bits per heavy atom. The smallest absolute Gasteiger partial charge is 0.411 e. The Labute approximate surface area is 326 Å². The molecule has 4 aromatic carbocycles. The number of hydrazine groups is 1. The maximum Gasteiger partial charge on any atom is 0.411 e. The van der Waals surface area contributed by atoms with Crippen LogP contribution in [0.2, 0.25) is 0 Å². The number of carbonyl (C=O) groups excluding carboxylic acids is 4. The number of urea groups is 1. The van der Waals surface area contributed by atoms with Crippen molar-refractivity contribution >= 4 is 56.3 Å². The average molecular weight is 776 g/mol. The maximum atomic E-state index is 14.5. The number of benzene rings is 4. The van der Waals surface area contributed by atoms with Gasteiger partial charge in [-0.25, -0.2) is 24.0 Å². The van der Waals surface area contributed by atoms with Crippen LogP contribution in [0.4, 0.5) is 24.8 Å². The van der Waals surface area contributed by atoms with Crippen LogP contribution in [0, 0.1) is 17.1 Å². The third-order valence-corrected chi connectivity index (χ3v) is 10.6. The maximum absolute atomic E-state index is 14.5. The molecule has 5 amide bonds. The van der Waals surface area contributed by atoms with Gasteiger partial charge < -0.3 is 25.2 Å². The molecule has 2 saturated heterocycles. The van der Waals surface area contributed by atoms with Crippen molar-refractivity contribution in [2.45, 2.75) is 38.3 Å². The molecule has 0 radical (unpaired) electrons. The van der Waals surface area contributed by atoms with Gasteiger partial charge in [0.2, 0.25) is 11.8 Å². The molecule has 2 atom stereocenters. The number of aromatic nitrogens is 1. The van der Waals surface area contributed by atoms with E-state index in [9.17, 15) is 28.8 Å². The number of carbonyl (C=O) groups is 4. The number of thiazole rings is 1. The molecule has 3 heterocycles. The molecule has 0 aliphatic carbocycles. The lowest BCUT2D eigenvalue weighted by Crippen LogP contribution is -2.66. The first-order valence-corrected chi connectivity index (χ1v) is 18.7. The number of hydrogen-bond donors (Lipinski definition) is 3.